The normalized spacial score (nSPS) is 27.7. The molecule has 1 aliphatic rings. The molecule has 1 saturated carbocycles. The molecule has 2 heteroatoms. The molecule has 2 rings (SSSR count). The first-order chi connectivity index (χ1) is 9.15. The molecule has 0 unspecified atom stereocenters. The van der Waals surface area contributed by atoms with Crippen molar-refractivity contribution in [3.63, 3.8) is 0 Å². The Bertz CT molecular complexity index is 366. The lowest BCUT2D eigenvalue weighted by Crippen LogP contribution is -2.44. The predicted octanol–water partition coefficient (Wildman–Crippen LogP) is 3.75. The van der Waals surface area contributed by atoms with Gasteiger partial charge in [-0.3, -0.25) is 0 Å². The van der Waals surface area contributed by atoms with E-state index in [-0.39, 0.29) is 5.60 Å². The average Bonchev–Trinajstić information content (AvgIpc) is 2.46. The minimum atomic E-state index is -0.0821. The summed E-state index contributed by atoms with van der Waals surface area (Å²) in [5.41, 5.74) is 7.15. The molecule has 106 valence electrons. The van der Waals surface area contributed by atoms with Crippen LogP contribution in [-0.4, -0.2) is 12.1 Å². The van der Waals surface area contributed by atoms with Crippen molar-refractivity contribution < 1.29 is 4.74 Å². The Labute approximate surface area is 117 Å². The molecule has 0 spiro atoms. The molecule has 0 aromatic heterocycles. The van der Waals surface area contributed by atoms with Gasteiger partial charge in [0.2, 0.25) is 0 Å². The van der Waals surface area contributed by atoms with Gasteiger partial charge >= 0.3 is 0 Å². The molecular weight excluding hydrogens is 234 g/mol. The van der Waals surface area contributed by atoms with Crippen LogP contribution in [0.3, 0.4) is 0 Å². The third kappa shape index (κ3) is 3.80. The monoisotopic (exact) mass is 261 g/mol. The second-order valence-corrected chi connectivity index (χ2v) is 6.24. The van der Waals surface area contributed by atoms with E-state index < -0.39 is 0 Å². The third-order valence-electron chi connectivity index (χ3n) is 4.64. The van der Waals surface area contributed by atoms with E-state index in [9.17, 15) is 0 Å². The number of rotatable bonds is 5. The summed E-state index contributed by atoms with van der Waals surface area (Å²) in [4.78, 5) is 0. The lowest BCUT2D eigenvalue weighted by molar-refractivity contribution is -0.0840. The fraction of sp³-hybridized carbons (Fsp3) is 0.647. The molecular formula is C17H27NO. The van der Waals surface area contributed by atoms with Crippen LogP contribution in [0.25, 0.3) is 0 Å². The fourth-order valence-electron chi connectivity index (χ4n) is 3.05. The van der Waals surface area contributed by atoms with Crippen LogP contribution < -0.4 is 5.73 Å². The molecule has 1 aliphatic carbocycles. The van der Waals surface area contributed by atoms with Crippen molar-refractivity contribution >= 4 is 0 Å². The van der Waals surface area contributed by atoms with Crippen molar-refractivity contribution in [1.82, 2.24) is 0 Å². The molecule has 0 bridgehead atoms. The van der Waals surface area contributed by atoms with E-state index in [1.165, 1.54) is 18.4 Å². The van der Waals surface area contributed by atoms with Crippen LogP contribution in [0.15, 0.2) is 30.3 Å². The second-order valence-electron chi connectivity index (χ2n) is 6.24. The topological polar surface area (TPSA) is 35.2 Å². The van der Waals surface area contributed by atoms with Crippen LogP contribution in [0, 0.1) is 11.8 Å². The van der Waals surface area contributed by atoms with Gasteiger partial charge in [0.15, 0.2) is 0 Å². The standard InChI is InChI=1S/C17H27NO/c1-14(2)16-8-10-17(13-18,11-9-16)19-12-15-6-4-3-5-7-15/h3-7,14,16H,8-13,18H2,1-2H3. The van der Waals surface area contributed by atoms with Gasteiger partial charge in [-0.15, -0.1) is 0 Å². The third-order valence-corrected chi connectivity index (χ3v) is 4.64. The van der Waals surface area contributed by atoms with E-state index in [4.69, 9.17) is 10.5 Å². The van der Waals surface area contributed by atoms with Gasteiger partial charge in [0.25, 0.3) is 0 Å². The summed E-state index contributed by atoms with van der Waals surface area (Å²) in [6.07, 6.45) is 4.73. The Morgan fingerprint density at radius 3 is 2.37 bits per heavy atom. The average molecular weight is 261 g/mol. The van der Waals surface area contributed by atoms with Gasteiger partial charge in [0.05, 0.1) is 12.2 Å². The molecule has 1 fully saturated rings. The summed E-state index contributed by atoms with van der Waals surface area (Å²) in [5, 5.41) is 0. The Kier molecular flexibility index (Phi) is 5.00. The summed E-state index contributed by atoms with van der Waals surface area (Å²) in [6, 6.07) is 10.4. The maximum Gasteiger partial charge on any atom is 0.0808 e. The summed E-state index contributed by atoms with van der Waals surface area (Å²) < 4.78 is 6.21. The van der Waals surface area contributed by atoms with Crippen LogP contribution in [0.5, 0.6) is 0 Å². The zero-order chi connectivity index (χ0) is 13.7. The first kappa shape index (κ1) is 14.5. The summed E-state index contributed by atoms with van der Waals surface area (Å²) in [5.74, 6) is 1.63. The van der Waals surface area contributed by atoms with E-state index in [0.29, 0.717) is 13.2 Å². The van der Waals surface area contributed by atoms with Gasteiger partial charge in [-0.05, 0) is 43.1 Å². The quantitative estimate of drug-likeness (QED) is 0.876. The number of benzene rings is 1. The highest BCUT2D eigenvalue weighted by Crippen LogP contribution is 2.37. The van der Waals surface area contributed by atoms with Gasteiger partial charge in [0.1, 0.15) is 0 Å². The first-order valence-corrected chi connectivity index (χ1v) is 7.53. The lowest BCUT2D eigenvalue weighted by Gasteiger charge is -2.40. The van der Waals surface area contributed by atoms with Gasteiger partial charge in [-0.1, -0.05) is 44.2 Å². The van der Waals surface area contributed by atoms with Crippen molar-refractivity contribution in [3.8, 4) is 0 Å². The highest BCUT2D eigenvalue weighted by Gasteiger charge is 2.35. The SMILES string of the molecule is CC(C)C1CCC(CN)(OCc2ccccc2)CC1. The van der Waals surface area contributed by atoms with E-state index in [1.54, 1.807) is 0 Å². The molecule has 0 aliphatic heterocycles. The second kappa shape index (κ2) is 6.53. The fourth-order valence-corrected chi connectivity index (χ4v) is 3.05. The summed E-state index contributed by atoms with van der Waals surface area (Å²) in [7, 11) is 0. The number of hydrogen-bond donors (Lipinski definition) is 1. The molecule has 0 radical (unpaired) electrons. The molecule has 2 nitrogen and oxygen atoms in total. The van der Waals surface area contributed by atoms with Crippen LogP contribution in [-0.2, 0) is 11.3 Å². The molecule has 0 heterocycles. The zero-order valence-electron chi connectivity index (χ0n) is 12.3. The van der Waals surface area contributed by atoms with Crippen LogP contribution >= 0.6 is 0 Å². The van der Waals surface area contributed by atoms with Crippen LogP contribution in [0.1, 0.15) is 45.1 Å². The van der Waals surface area contributed by atoms with Crippen molar-refractivity contribution in [2.45, 2.75) is 51.7 Å². The molecule has 1 aromatic carbocycles. The molecule has 0 saturated heterocycles. The van der Waals surface area contributed by atoms with Gasteiger partial charge < -0.3 is 10.5 Å². The zero-order valence-corrected chi connectivity index (χ0v) is 12.3. The molecule has 19 heavy (non-hydrogen) atoms. The van der Waals surface area contributed by atoms with Gasteiger partial charge in [-0.25, -0.2) is 0 Å². The highest BCUT2D eigenvalue weighted by molar-refractivity contribution is 5.13. The number of hydrogen-bond acceptors (Lipinski definition) is 2. The van der Waals surface area contributed by atoms with Crippen LogP contribution in [0.2, 0.25) is 0 Å². The minimum absolute atomic E-state index is 0.0821. The van der Waals surface area contributed by atoms with Crippen molar-refractivity contribution in [2.75, 3.05) is 6.54 Å². The maximum absolute atomic E-state index is 6.21. The molecule has 2 N–H and O–H groups in total. The minimum Gasteiger partial charge on any atom is -0.369 e. The number of ether oxygens (including phenoxy) is 1. The van der Waals surface area contributed by atoms with Gasteiger partial charge in [-0.2, -0.15) is 0 Å². The molecule has 0 amide bonds. The Morgan fingerprint density at radius 2 is 1.84 bits per heavy atom. The molecule has 1 aromatic rings. The smallest absolute Gasteiger partial charge is 0.0808 e. The van der Waals surface area contributed by atoms with E-state index in [1.807, 2.05) is 6.07 Å². The maximum atomic E-state index is 6.21. The Hall–Kier alpha value is -0.860. The van der Waals surface area contributed by atoms with E-state index in [0.717, 1.165) is 24.7 Å². The van der Waals surface area contributed by atoms with E-state index in [2.05, 4.69) is 38.1 Å². The Balaban J connectivity index is 1.90. The van der Waals surface area contributed by atoms with Gasteiger partial charge in [0, 0.05) is 6.54 Å². The highest BCUT2D eigenvalue weighted by atomic mass is 16.5. The largest absolute Gasteiger partial charge is 0.369 e. The first-order valence-electron chi connectivity index (χ1n) is 7.53. The Morgan fingerprint density at radius 1 is 1.21 bits per heavy atom. The molecule has 0 atom stereocenters. The lowest BCUT2D eigenvalue weighted by atomic mass is 9.74. The predicted molar refractivity (Wildman–Crippen MR) is 79.8 cm³/mol. The number of nitrogens with two attached hydrogens (primary N) is 1. The summed E-state index contributed by atoms with van der Waals surface area (Å²) in [6.45, 7) is 5.98. The van der Waals surface area contributed by atoms with Crippen molar-refractivity contribution in [2.24, 2.45) is 17.6 Å². The van der Waals surface area contributed by atoms with Crippen LogP contribution in [0.4, 0.5) is 0 Å². The van der Waals surface area contributed by atoms with Crippen molar-refractivity contribution in [1.29, 1.82) is 0 Å². The summed E-state index contributed by atoms with van der Waals surface area (Å²) >= 11 is 0. The van der Waals surface area contributed by atoms with Crippen molar-refractivity contribution in [3.05, 3.63) is 35.9 Å². The van der Waals surface area contributed by atoms with E-state index >= 15 is 0 Å².